The predicted octanol–water partition coefficient (Wildman–Crippen LogP) is 2.56. The van der Waals surface area contributed by atoms with Crippen molar-refractivity contribution in [2.24, 2.45) is 5.73 Å². The molecule has 68 valence electrons. The molecule has 0 aliphatic rings. The van der Waals surface area contributed by atoms with Crippen LogP contribution in [-0.2, 0) is 0 Å². The fourth-order valence-corrected chi connectivity index (χ4v) is 2.49. The summed E-state index contributed by atoms with van der Waals surface area (Å²) < 4.78 is 0. The van der Waals surface area contributed by atoms with E-state index in [-0.39, 0.29) is 6.04 Å². The molecule has 2 heterocycles. The first-order valence-electron chi connectivity index (χ1n) is 3.97. The van der Waals surface area contributed by atoms with Crippen LogP contribution in [0.5, 0.6) is 0 Å². The van der Waals surface area contributed by atoms with Crippen LogP contribution in [0.2, 0.25) is 0 Å². The molecular weight excluding hydrogens is 200 g/mol. The number of thiophene rings is 1. The maximum absolute atomic E-state index is 6.02. The lowest BCUT2D eigenvalue weighted by atomic mass is 10.1. The fraction of sp³-hybridized carbons (Fsp3) is 0.222. The van der Waals surface area contributed by atoms with Gasteiger partial charge in [0.15, 0.2) is 0 Å². The topological polar surface area (TPSA) is 38.9 Å². The molecule has 0 aromatic carbocycles. The Morgan fingerprint density at radius 1 is 1.46 bits per heavy atom. The standard InChI is InChI=1S/C9H10N2S2/c1-6-11-8(5-13-6)9(10)7-2-3-12-4-7/h2-5,9H,10H2,1H3. The van der Waals surface area contributed by atoms with Crippen molar-refractivity contribution in [2.45, 2.75) is 13.0 Å². The molecule has 1 atom stereocenters. The summed E-state index contributed by atoms with van der Waals surface area (Å²) in [6, 6.07) is 1.99. The third kappa shape index (κ3) is 1.80. The van der Waals surface area contributed by atoms with Gasteiger partial charge in [0.1, 0.15) is 0 Å². The number of aromatic nitrogens is 1. The Kier molecular flexibility index (Phi) is 2.44. The summed E-state index contributed by atoms with van der Waals surface area (Å²) in [6.07, 6.45) is 0. The Morgan fingerprint density at radius 2 is 2.31 bits per heavy atom. The SMILES string of the molecule is Cc1nc(C(N)c2ccsc2)cs1. The smallest absolute Gasteiger partial charge is 0.0898 e. The van der Waals surface area contributed by atoms with Crippen LogP contribution < -0.4 is 5.73 Å². The van der Waals surface area contributed by atoms with E-state index in [1.807, 2.05) is 23.8 Å². The van der Waals surface area contributed by atoms with Crippen molar-refractivity contribution in [2.75, 3.05) is 0 Å². The molecule has 0 radical (unpaired) electrons. The second kappa shape index (κ2) is 3.57. The van der Waals surface area contributed by atoms with Crippen LogP contribution in [0.1, 0.15) is 22.3 Å². The molecule has 13 heavy (non-hydrogen) atoms. The predicted molar refractivity (Wildman–Crippen MR) is 57.2 cm³/mol. The van der Waals surface area contributed by atoms with E-state index in [2.05, 4.69) is 10.4 Å². The van der Waals surface area contributed by atoms with Gasteiger partial charge in [0, 0.05) is 5.38 Å². The zero-order chi connectivity index (χ0) is 9.26. The van der Waals surface area contributed by atoms with E-state index in [0.29, 0.717) is 0 Å². The third-order valence-electron chi connectivity index (χ3n) is 1.86. The van der Waals surface area contributed by atoms with Gasteiger partial charge in [0.25, 0.3) is 0 Å². The molecule has 0 saturated heterocycles. The molecule has 2 rings (SSSR count). The van der Waals surface area contributed by atoms with Gasteiger partial charge in [-0.05, 0) is 29.3 Å². The Hall–Kier alpha value is -0.710. The van der Waals surface area contributed by atoms with Crippen molar-refractivity contribution >= 4 is 22.7 Å². The summed E-state index contributed by atoms with van der Waals surface area (Å²) in [5, 5.41) is 7.20. The van der Waals surface area contributed by atoms with Crippen LogP contribution in [-0.4, -0.2) is 4.98 Å². The van der Waals surface area contributed by atoms with Crippen LogP contribution in [0.25, 0.3) is 0 Å². The highest BCUT2D eigenvalue weighted by Crippen LogP contribution is 2.22. The Labute approximate surface area is 85.1 Å². The maximum Gasteiger partial charge on any atom is 0.0898 e. The minimum absolute atomic E-state index is 0.0591. The number of thiazole rings is 1. The summed E-state index contributed by atoms with van der Waals surface area (Å²) in [5.41, 5.74) is 8.15. The molecule has 0 aliphatic carbocycles. The monoisotopic (exact) mass is 210 g/mol. The summed E-state index contributed by atoms with van der Waals surface area (Å²) >= 11 is 3.31. The van der Waals surface area contributed by atoms with Crippen LogP contribution in [0.3, 0.4) is 0 Å². The van der Waals surface area contributed by atoms with Gasteiger partial charge in [0.05, 0.1) is 16.7 Å². The van der Waals surface area contributed by atoms with Crippen molar-refractivity contribution in [1.82, 2.24) is 4.98 Å². The maximum atomic E-state index is 6.02. The van der Waals surface area contributed by atoms with Gasteiger partial charge in [0.2, 0.25) is 0 Å². The average molecular weight is 210 g/mol. The second-order valence-electron chi connectivity index (χ2n) is 2.83. The molecule has 2 nitrogen and oxygen atoms in total. The molecule has 2 N–H and O–H groups in total. The van der Waals surface area contributed by atoms with E-state index in [9.17, 15) is 0 Å². The molecule has 0 bridgehead atoms. The molecule has 2 aromatic heterocycles. The Balaban J connectivity index is 2.28. The second-order valence-corrected chi connectivity index (χ2v) is 4.67. The van der Waals surface area contributed by atoms with Crippen molar-refractivity contribution in [3.63, 3.8) is 0 Å². The molecule has 0 aliphatic heterocycles. The number of nitrogens with zero attached hydrogens (tertiary/aromatic N) is 1. The highest BCUT2D eigenvalue weighted by molar-refractivity contribution is 7.09. The van der Waals surface area contributed by atoms with E-state index in [4.69, 9.17) is 5.73 Å². The molecule has 1 unspecified atom stereocenters. The highest BCUT2D eigenvalue weighted by atomic mass is 32.1. The molecule has 0 saturated carbocycles. The van der Waals surface area contributed by atoms with Gasteiger partial charge in [-0.2, -0.15) is 11.3 Å². The first kappa shape index (κ1) is 8.87. The van der Waals surface area contributed by atoms with Crippen LogP contribution in [0.15, 0.2) is 22.2 Å². The normalized spacial score (nSPS) is 13.1. The van der Waals surface area contributed by atoms with Gasteiger partial charge in [-0.3, -0.25) is 0 Å². The summed E-state index contributed by atoms with van der Waals surface area (Å²) in [6.45, 7) is 1.99. The van der Waals surface area contributed by atoms with Crippen LogP contribution in [0.4, 0.5) is 0 Å². The first-order chi connectivity index (χ1) is 6.27. The van der Waals surface area contributed by atoms with Crippen molar-refractivity contribution < 1.29 is 0 Å². The van der Waals surface area contributed by atoms with Crippen molar-refractivity contribution in [3.8, 4) is 0 Å². The van der Waals surface area contributed by atoms with Crippen LogP contribution in [0, 0.1) is 6.92 Å². The van der Waals surface area contributed by atoms with Gasteiger partial charge in [-0.25, -0.2) is 4.98 Å². The number of nitrogens with two attached hydrogens (primary N) is 1. The summed E-state index contributed by atoms with van der Waals surface area (Å²) in [4.78, 5) is 4.36. The molecule has 0 amide bonds. The average Bonchev–Trinajstić information content (AvgIpc) is 2.72. The van der Waals surface area contributed by atoms with Crippen molar-refractivity contribution in [1.29, 1.82) is 0 Å². The minimum Gasteiger partial charge on any atom is -0.319 e. The van der Waals surface area contributed by atoms with Gasteiger partial charge < -0.3 is 5.73 Å². The van der Waals surface area contributed by atoms with E-state index in [0.717, 1.165) is 16.3 Å². The zero-order valence-electron chi connectivity index (χ0n) is 7.23. The lowest BCUT2D eigenvalue weighted by molar-refractivity contribution is 0.839. The molecular formula is C9H10N2S2. The first-order valence-corrected chi connectivity index (χ1v) is 5.79. The zero-order valence-corrected chi connectivity index (χ0v) is 8.86. The van der Waals surface area contributed by atoms with E-state index in [1.54, 1.807) is 22.7 Å². The molecule has 4 heteroatoms. The number of hydrogen-bond acceptors (Lipinski definition) is 4. The third-order valence-corrected chi connectivity index (χ3v) is 3.35. The fourth-order valence-electron chi connectivity index (χ4n) is 1.15. The lowest BCUT2D eigenvalue weighted by Crippen LogP contribution is -2.11. The lowest BCUT2D eigenvalue weighted by Gasteiger charge is -2.05. The van der Waals surface area contributed by atoms with E-state index < -0.39 is 0 Å². The largest absolute Gasteiger partial charge is 0.319 e. The molecule has 0 spiro atoms. The van der Waals surface area contributed by atoms with Gasteiger partial charge in [-0.15, -0.1) is 11.3 Å². The number of aryl methyl sites for hydroxylation is 1. The van der Waals surface area contributed by atoms with Crippen LogP contribution >= 0.6 is 22.7 Å². The van der Waals surface area contributed by atoms with E-state index >= 15 is 0 Å². The Morgan fingerprint density at radius 3 is 2.85 bits per heavy atom. The molecule has 0 fully saturated rings. The van der Waals surface area contributed by atoms with Gasteiger partial charge in [-0.1, -0.05) is 0 Å². The molecule has 2 aromatic rings. The van der Waals surface area contributed by atoms with E-state index in [1.165, 1.54) is 0 Å². The minimum atomic E-state index is -0.0591. The van der Waals surface area contributed by atoms with Gasteiger partial charge >= 0.3 is 0 Å². The Bertz CT molecular complexity index is 378. The number of rotatable bonds is 2. The highest BCUT2D eigenvalue weighted by Gasteiger charge is 2.11. The van der Waals surface area contributed by atoms with Crippen molar-refractivity contribution in [3.05, 3.63) is 38.5 Å². The summed E-state index contributed by atoms with van der Waals surface area (Å²) in [5.74, 6) is 0. The summed E-state index contributed by atoms with van der Waals surface area (Å²) in [7, 11) is 0. The number of hydrogen-bond donors (Lipinski definition) is 1. The quantitative estimate of drug-likeness (QED) is 0.827.